The molecular weight excluding hydrogens is 320 g/mol. The summed E-state index contributed by atoms with van der Waals surface area (Å²) in [5.41, 5.74) is 2.97. The zero-order valence-electron chi connectivity index (χ0n) is 13.7. The zero-order chi connectivity index (χ0) is 16.8. The molecular formula is C19H22N2O2S. The van der Waals surface area contributed by atoms with Crippen molar-refractivity contribution in [2.75, 3.05) is 13.1 Å². The number of hydrogen-bond acceptors (Lipinski definition) is 4. The van der Waals surface area contributed by atoms with E-state index in [4.69, 9.17) is 0 Å². The van der Waals surface area contributed by atoms with Gasteiger partial charge in [-0.2, -0.15) is 0 Å². The molecule has 2 aliphatic heterocycles. The Labute approximate surface area is 143 Å². The Kier molecular flexibility index (Phi) is 3.75. The average Bonchev–Trinajstić information content (AvgIpc) is 3.20. The topological polar surface area (TPSA) is 58.2 Å². The van der Waals surface area contributed by atoms with E-state index in [1.165, 1.54) is 0 Å². The van der Waals surface area contributed by atoms with Gasteiger partial charge in [0.05, 0.1) is 4.90 Å². The smallest absolute Gasteiger partial charge is 0.198 e. The highest BCUT2D eigenvalue weighted by atomic mass is 32.2. The minimum atomic E-state index is -3.46. The highest BCUT2D eigenvalue weighted by molar-refractivity contribution is 7.93. The van der Waals surface area contributed by atoms with Gasteiger partial charge in [0.25, 0.3) is 0 Å². The fourth-order valence-corrected chi connectivity index (χ4v) is 6.04. The van der Waals surface area contributed by atoms with Gasteiger partial charge in [-0.1, -0.05) is 42.5 Å². The largest absolute Gasteiger partial charge is 0.310 e. The molecule has 0 spiro atoms. The SMILES string of the molecule is Cc1ccc(Cc2ccccc2)c(S(=O)(=O)[C@@]23CN[C@H](CN2)C3)c1. The molecule has 2 bridgehead atoms. The summed E-state index contributed by atoms with van der Waals surface area (Å²) in [6.45, 7) is 3.15. The molecule has 0 aromatic heterocycles. The first kappa shape index (κ1) is 15.8. The summed E-state index contributed by atoms with van der Waals surface area (Å²) in [4.78, 5) is -0.375. The summed E-state index contributed by atoms with van der Waals surface area (Å²) in [6, 6.07) is 16.1. The molecule has 24 heavy (non-hydrogen) atoms. The minimum absolute atomic E-state index is 0.266. The van der Waals surface area contributed by atoms with Gasteiger partial charge in [0.2, 0.25) is 0 Å². The lowest BCUT2D eigenvalue weighted by Gasteiger charge is -2.28. The third kappa shape index (κ3) is 2.48. The van der Waals surface area contributed by atoms with Crippen molar-refractivity contribution < 1.29 is 8.42 Å². The van der Waals surface area contributed by atoms with E-state index in [1.807, 2.05) is 55.5 Å². The van der Waals surface area contributed by atoms with Crippen molar-refractivity contribution >= 4 is 9.84 Å². The number of hydrogen-bond donors (Lipinski definition) is 2. The van der Waals surface area contributed by atoms with Crippen molar-refractivity contribution in [3.05, 3.63) is 65.2 Å². The van der Waals surface area contributed by atoms with Crippen LogP contribution in [0.25, 0.3) is 0 Å². The number of nitrogens with one attached hydrogen (secondary N) is 2. The van der Waals surface area contributed by atoms with Crippen LogP contribution in [0.4, 0.5) is 0 Å². The summed E-state index contributed by atoms with van der Waals surface area (Å²) in [7, 11) is -3.46. The third-order valence-corrected chi connectivity index (χ3v) is 7.63. The first-order chi connectivity index (χ1) is 11.5. The molecule has 5 heteroatoms. The monoisotopic (exact) mass is 342 g/mol. The molecule has 0 saturated carbocycles. The number of benzene rings is 2. The predicted molar refractivity (Wildman–Crippen MR) is 94.8 cm³/mol. The van der Waals surface area contributed by atoms with Crippen LogP contribution >= 0.6 is 0 Å². The van der Waals surface area contributed by atoms with Crippen LogP contribution < -0.4 is 10.6 Å². The fraction of sp³-hybridized carbons (Fsp3) is 0.368. The molecule has 2 atom stereocenters. The fourth-order valence-electron chi connectivity index (χ4n) is 3.82. The molecule has 2 N–H and O–H groups in total. The predicted octanol–water partition coefficient (Wildman–Crippen LogP) is 2.02. The first-order valence-corrected chi connectivity index (χ1v) is 9.85. The molecule has 2 saturated heterocycles. The van der Waals surface area contributed by atoms with Crippen molar-refractivity contribution in [2.24, 2.45) is 0 Å². The molecule has 2 aliphatic rings. The van der Waals surface area contributed by atoms with E-state index in [1.54, 1.807) is 0 Å². The van der Waals surface area contributed by atoms with Gasteiger partial charge in [0.15, 0.2) is 9.84 Å². The van der Waals surface area contributed by atoms with E-state index < -0.39 is 14.7 Å². The maximum absolute atomic E-state index is 13.5. The second kappa shape index (κ2) is 5.69. The molecule has 2 heterocycles. The van der Waals surface area contributed by atoms with Gasteiger partial charge in [-0.15, -0.1) is 0 Å². The van der Waals surface area contributed by atoms with Crippen LogP contribution in [0.2, 0.25) is 0 Å². The minimum Gasteiger partial charge on any atom is -0.310 e. The Bertz CT molecular complexity index is 854. The van der Waals surface area contributed by atoms with E-state index in [2.05, 4.69) is 10.6 Å². The quantitative estimate of drug-likeness (QED) is 0.893. The molecule has 0 unspecified atom stereocenters. The molecule has 4 nitrogen and oxygen atoms in total. The summed E-state index contributed by atoms with van der Waals surface area (Å²) in [6.07, 6.45) is 1.27. The number of piperazine rings is 1. The average molecular weight is 342 g/mol. The van der Waals surface area contributed by atoms with Gasteiger partial charge in [-0.3, -0.25) is 5.32 Å². The summed E-state index contributed by atoms with van der Waals surface area (Å²) in [5.74, 6) is 0. The van der Waals surface area contributed by atoms with Gasteiger partial charge in [0.1, 0.15) is 4.87 Å². The van der Waals surface area contributed by atoms with Crippen LogP contribution in [0.5, 0.6) is 0 Å². The van der Waals surface area contributed by atoms with Crippen molar-refractivity contribution in [3.8, 4) is 0 Å². The van der Waals surface area contributed by atoms with Gasteiger partial charge < -0.3 is 5.32 Å². The van der Waals surface area contributed by atoms with Crippen LogP contribution in [0.1, 0.15) is 23.1 Å². The van der Waals surface area contributed by atoms with Crippen molar-refractivity contribution in [3.63, 3.8) is 0 Å². The first-order valence-electron chi connectivity index (χ1n) is 8.37. The Morgan fingerprint density at radius 1 is 1.17 bits per heavy atom. The van der Waals surface area contributed by atoms with Crippen molar-refractivity contribution in [1.29, 1.82) is 0 Å². The lowest BCUT2D eigenvalue weighted by atomic mass is 10.0. The maximum atomic E-state index is 13.5. The van der Waals surface area contributed by atoms with Crippen LogP contribution in [0.3, 0.4) is 0 Å². The lowest BCUT2D eigenvalue weighted by molar-refractivity contribution is 0.462. The Hall–Kier alpha value is -1.69. The van der Waals surface area contributed by atoms with Crippen molar-refractivity contribution in [2.45, 2.75) is 35.6 Å². The van der Waals surface area contributed by atoms with Crippen LogP contribution in [-0.2, 0) is 16.3 Å². The van der Waals surface area contributed by atoms with Crippen LogP contribution in [-0.4, -0.2) is 32.4 Å². The summed E-state index contributed by atoms with van der Waals surface area (Å²) >= 11 is 0. The molecule has 126 valence electrons. The lowest BCUT2D eigenvalue weighted by Crippen LogP contribution is -2.54. The Balaban J connectivity index is 1.78. The van der Waals surface area contributed by atoms with Gasteiger partial charge in [0, 0.05) is 19.1 Å². The molecule has 2 fully saturated rings. The number of aryl methyl sites for hydroxylation is 1. The van der Waals surface area contributed by atoms with Gasteiger partial charge in [-0.25, -0.2) is 8.42 Å². The molecule has 2 aromatic carbocycles. The molecule has 0 radical (unpaired) electrons. The van der Waals surface area contributed by atoms with E-state index in [9.17, 15) is 8.42 Å². The molecule has 4 rings (SSSR count). The molecule has 2 aromatic rings. The third-order valence-electron chi connectivity index (χ3n) is 5.19. The molecule has 0 aliphatic carbocycles. The van der Waals surface area contributed by atoms with Gasteiger partial charge in [-0.05, 0) is 42.5 Å². The number of rotatable bonds is 4. The molecule has 0 amide bonds. The summed E-state index contributed by atoms with van der Waals surface area (Å²) in [5, 5.41) is 6.58. The van der Waals surface area contributed by atoms with Crippen LogP contribution in [0.15, 0.2) is 53.4 Å². The maximum Gasteiger partial charge on any atom is 0.198 e. The summed E-state index contributed by atoms with van der Waals surface area (Å²) < 4.78 is 26.9. The number of sulfone groups is 1. The van der Waals surface area contributed by atoms with Crippen LogP contribution in [0, 0.1) is 6.92 Å². The van der Waals surface area contributed by atoms with E-state index >= 15 is 0 Å². The number of fused-ring (bicyclic) bond motifs is 2. The Morgan fingerprint density at radius 3 is 2.58 bits per heavy atom. The highest BCUT2D eigenvalue weighted by Crippen LogP contribution is 2.37. The standard InChI is InChI=1S/C19H22N2O2S/c1-14-7-8-16(10-15-5-3-2-4-6-15)18(9-14)24(22,23)19-11-17(12-21-19)20-13-19/h2-9,17,20-21H,10-13H2,1H3/t17-,19-/m0/s1. The van der Waals surface area contributed by atoms with Gasteiger partial charge >= 0.3 is 0 Å². The normalized spacial score (nSPS) is 26.0. The van der Waals surface area contributed by atoms with E-state index in [-0.39, 0.29) is 6.04 Å². The second-order valence-corrected chi connectivity index (χ2v) is 9.16. The zero-order valence-corrected chi connectivity index (χ0v) is 14.6. The van der Waals surface area contributed by atoms with E-state index in [0.717, 1.165) is 23.2 Å². The second-order valence-electron chi connectivity index (χ2n) is 6.93. The van der Waals surface area contributed by atoms with Crippen molar-refractivity contribution in [1.82, 2.24) is 10.6 Å². The highest BCUT2D eigenvalue weighted by Gasteiger charge is 2.54. The van der Waals surface area contributed by atoms with E-state index in [0.29, 0.717) is 24.3 Å². The Morgan fingerprint density at radius 2 is 1.96 bits per heavy atom.